The highest BCUT2D eigenvalue weighted by molar-refractivity contribution is 5.94. The van der Waals surface area contributed by atoms with Gasteiger partial charge in [-0.1, -0.05) is 37.8 Å². The van der Waals surface area contributed by atoms with Gasteiger partial charge in [-0.05, 0) is 50.3 Å². The Labute approximate surface area is 158 Å². The number of guanidine groups is 1. The fourth-order valence-corrected chi connectivity index (χ4v) is 3.43. The first-order valence-corrected chi connectivity index (χ1v) is 10.1. The van der Waals surface area contributed by atoms with Gasteiger partial charge in [0.15, 0.2) is 5.96 Å². The van der Waals surface area contributed by atoms with E-state index in [-0.39, 0.29) is 5.91 Å². The Kier molecular flexibility index (Phi) is 9.01. The number of rotatable bonds is 9. The van der Waals surface area contributed by atoms with E-state index in [1.807, 2.05) is 31.2 Å². The van der Waals surface area contributed by atoms with E-state index in [0.717, 1.165) is 30.5 Å². The molecule has 1 aliphatic carbocycles. The number of carbonyl (C=O) groups is 1. The number of hydrogen-bond donors (Lipinski definition) is 3. The molecule has 1 saturated carbocycles. The number of nitrogens with zero attached hydrogens (tertiary/aromatic N) is 1. The minimum absolute atomic E-state index is 0.0279. The average Bonchev–Trinajstić information content (AvgIpc) is 3.17. The lowest BCUT2D eigenvalue weighted by molar-refractivity contribution is 0.0956. The monoisotopic (exact) mass is 358 g/mol. The van der Waals surface area contributed by atoms with Crippen LogP contribution in [0.25, 0.3) is 0 Å². The lowest BCUT2D eigenvalue weighted by atomic mass is 10.0. The largest absolute Gasteiger partial charge is 0.357 e. The van der Waals surface area contributed by atoms with Gasteiger partial charge >= 0.3 is 0 Å². The van der Waals surface area contributed by atoms with Gasteiger partial charge in [-0.3, -0.25) is 4.79 Å². The molecule has 1 amide bonds. The molecule has 0 aliphatic heterocycles. The quantitative estimate of drug-likeness (QED) is 0.360. The van der Waals surface area contributed by atoms with Crippen LogP contribution in [0.1, 0.15) is 68.3 Å². The third kappa shape index (κ3) is 7.06. The molecule has 0 atom stereocenters. The normalized spacial score (nSPS) is 15.1. The van der Waals surface area contributed by atoms with Gasteiger partial charge in [0.1, 0.15) is 0 Å². The molecule has 1 fully saturated rings. The maximum absolute atomic E-state index is 11.8. The summed E-state index contributed by atoms with van der Waals surface area (Å²) in [4.78, 5) is 16.4. The molecule has 0 spiro atoms. The van der Waals surface area contributed by atoms with E-state index in [1.54, 1.807) is 0 Å². The minimum Gasteiger partial charge on any atom is -0.357 e. The smallest absolute Gasteiger partial charge is 0.251 e. The Morgan fingerprint density at radius 1 is 1.04 bits per heavy atom. The molecular formula is C21H34N4O. The van der Waals surface area contributed by atoms with Crippen molar-refractivity contribution < 1.29 is 4.79 Å². The van der Waals surface area contributed by atoms with Gasteiger partial charge in [-0.15, -0.1) is 0 Å². The summed E-state index contributed by atoms with van der Waals surface area (Å²) in [5, 5.41) is 9.55. The summed E-state index contributed by atoms with van der Waals surface area (Å²) < 4.78 is 0. The number of carbonyl (C=O) groups excluding carboxylic acids is 1. The average molecular weight is 359 g/mol. The third-order valence-electron chi connectivity index (χ3n) is 4.87. The second-order valence-electron chi connectivity index (χ2n) is 6.97. The molecule has 0 heterocycles. The summed E-state index contributed by atoms with van der Waals surface area (Å²) in [5.74, 6) is 1.78. The van der Waals surface area contributed by atoms with Crippen LogP contribution >= 0.6 is 0 Å². The van der Waals surface area contributed by atoms with Crippen LogP contribution in [0.3, 0.4) is 0 Å². The van der Waals surface area contributed by atoms with E-state index < -0.39 is 0 Å². The van der Waals surface area contributed by atoms with Crippen molar-refractivity contribution in [1.82, 2.24) is 16.0 Å². The molecule has 5 nitrogen and oxygen atoms in total. The number of aliphatic imine (C=N–C) groups is 1. The Hall–Kier alpha value is -2.04. The van der Waals surface area contributed by atoms with Crippen molar-refractivity contribution in [2.75, 3.05) is 19.6 Å². The Bertz CT molecular complexity index is 562. The summed E-state index contributed by atoms with van der Waals surface area (Å²) in [6.45, 7) is 7.07. The molecule has 144 valence electrons. The SMILES string of the molecule is CCNC(=O)c1ccc(CN=C(NCC)NCCCC2CCCC2)cc1. The first-order valence-electron chi connectivity index (χ1n) is 10.1. The predicted octanol–water partition coefficient (Wildman–Crippen LogP) is 3.46. The lowest BCUT2D eigenvalue weighted by Crippen LogP contribution is -2.37. The highest BCUT2D eigenvalue weighted by Gasteiger charge is 2.14. The molecule has 1 aliphatic rings. The van der Waals surface area contributed by atoms with E-state index in [0.29, 0.717) is 18.7 Å². The van der Waals surface area contributed by atoms with Gasteiger partial charge in [-0.25, -0.2) is 4.99 Å². The zero-order chi connectivity index (χ0) is 18.6. The fourth-order valence-electron chi connectivity index (χ4n) is 3.43. The Morgan fingerprint density at radius 2 is 1.73 bits per heavy atom. The molecule has 0 aromatic heterocycles. The fraction of sp³-hybridized carbons (Fsp3) is 0.619. The van der Waals surface area contributed by atoms with Crippen molar-refractivity contribution in [2.45, 2.75) is 58.9 Å². The molecule has 3 N–H and O–H groups in total. The number of benzene rings is 1. The maximum atomic E-state index is 11.8. The van der Waals surface area contributed by atoms with Crippen LogP contribution in [0.5, 0.6) is 0 Å². The molecule has 1 aromatic rings. The predicted molar refractivity (Wildman–Crippen MR) is 108 cm³/mol. The molecule has 0 bridgehead atoms. The van der Waals surface area contributed by atoms with Crippen LogP contribution in [0.4, 0.5) is 0 Å². The van der Waals surface area contributed by atoms with Gasteiger partial charge in [0, 0.05) is 25.2 Å². The van der Waals surface area contributed by atoms with Gasteiger partial charge in [0.2, 0.25) is 0 Å². The highest BCUT2D eigenvalue weighted by atomic mass is 16.1. The second kappa shape index (κ2) is 11.6. The first kappa shape index (κ1) is 20.3. The second-order valence-corrected chi connectivity index (χ2v) is 6.97. The third-order valence-corrected chi connectivity index (χ3v) is 4.87. The van der Waals surface area contributed by atoms with Crippen LogP contribution in [0.2, 0.25) is 0 Å². The van der Waals surface area contributed by atoms with E-state index in [4.69, 9.17) is 0 Å². The summed E-state index contributed by atoms with van der Waals surface area (Å²) in [7, 11) is 0. The van der Waals surface area contributed by atoms with E-state index in [2.05, 4.69) is 27.9 Å². The van der Waals surface area contributed by atoms with Crippen molar-refractivity contribution in [1.29, 1.82) is 0 Å². The molecule has 26 heavy (non-hydrogen) atoms. The van der Waals surface area contributed by atoms with E-state index >= 15 is 0 Å². The molecule has 5 heteroatoms. The van der Waals surface area contributed by atoms with Gasteiger partial charge in [0.05, 0.1) is 6.54 Å². The molecule has 0 radical (unpaired) electrons. The van der Waals surface area contributed by atoms with Crippen LogP contribution in [-0.4, -0.2) is 31.5 Å². The van der Waals surface area contributed by atoms with Gasteiger partial charge in [0.25, 0.3) is 5.91 Å². The molecule has 2 rings (SSSR count). The lowest BCUT2D eigenvalue weighted by Gasteiger charge is -2.13. The standard InChI is InChI=1S/C21H34N4O/c1-3-22-20(26)19-13-11-18(12-14-19)16-25-21(23-4-2)24-15-7-10-17-8-5-6-9-17/h11-14,17H,3-10,15-16H2,1-2H3,(H,22,26)(H2,23,24,25). The summed E-state index contributed by atoms with van der Waals surface area (Å²) >= 11 is 0. The Morgan fingerprint density at radius 3 is 2.38 bits per heavy atom. The van der Waals surface area contributed by atoms with Crippen LogP contribution in [0, 0.1) is 5.92 Å². The summed E-state index contributed by atoms with van der Waals surface area (Å²) in [6.07, 6.45) is 8.20. The molecule has 1 aromatic carbocycles. The van der Waals surface area contributed by atoms with E-state index in [1.165, 1.54) is 38.5 Å². The van der Waals surface area contributed by atoms with Crippen molar-refractivity contribution in [3.05, 3.63) is 35.4 Å². The van der Waals surface area contributed by atoms with Crippen molar-refractivity contribution >= 4 is 11.9 Å². The van der Waals surface area contributed by atoms with Crippen LogP contribution in [-0.2, 0) is 6.54 Å². The van der Waals surface area contributed by atoms with Crippen molar-refractivity contribution in [2.24, 2.45) is 10.9 Å². The van der Waals surface area contributed by atoms with Gasteiger partial charge < -0.3 is 16.0 Å². The zero-order valence-corrected chi connectivity index (χ0v) is 16.3. The van der Waals surface area contributed by atoms with Crippen molar-refractivity contribution in [3.8, 4) is 0 Å². The highest BCUT2D eigenvalue weighted by Crippen LogP contribution is 2.28. The van der Waals surface area contributed by atoms with Crippen LogP contribution < -0.4 is 16.0 Å². The summed E-state index contributed by atoms with van der Waals surface area (Å²) in [5.41, 5.74) is 1.79. The molecule has 0 saturated heterocycles. The van der Waals surface area contributed by atoms with Gasteiger partial charge in [-0.2, -0.15) is 0 Å². The number of hydrogen-bond acceptors (Lipinski definition) is 2. The minimum atomic E-state index is -0.0279. The topological polar surface area (TPSA) is 65.5 Å². The summed E-state index contributed by atoms with van der Waals surface area (Å²) in [6, 6.07) is 7.66. The maximum Gasteiger partial charge on any atom is 0.251 e. The molecular weight excluding hydrogens is 324 g/mol. The molecule has 0 unspecified atom stereocenters. The number of nitrogens with one attached hydrogen (secondary N) is 3. The first-order chi connectivity index (χ1) is 12.7. The number of amides is 1. The van der Waals surface area contributed by atoms with E-state index in [9.17, 15) is 4.79 Å². The van der Waals surface area contributed by atoms with Crippen molar-refractivity contribution in [3.63, 3.8) is 0 Å². The van der Waals surface area contributed by atoms with Crippen LogP contribution in [0.15, 0.2) is 29.3 Å². The Balaban J connectivity index is 1.78. The zero-order valence-electron chi connectivity index (χ0n) is 16.3.